The first kappa shape index (κ1) is 10.8. The largest absolute Gasteiger partial charge is 0.0683 e. The lowest BCUT2D eigenvalue weighted by atomic mass is 10.0. The number of halogens is 1. The van der Waals surface area contributed by atoms with Gasteiger partial charge >= 0.3 is 0 Å². The first-order chi connectivity index (χ1) is 6.27. The molecule has 1 unspecified atom stereocenters. The van der Waals surface area contributed by atoms with Gasteiger partial charge in [-0.25, -0.2) is 0 Å². The van der Waals surface area contributed by atoms with Crippen molar-refractivity contribution in [1.29, 1.82) is 0 Å². The van der Waals surface area contributed by atoms with Gasteiger partial charge < -0.3 is 0 Å². The summed E-state index contributed by atoms with van der Waals surface area (Å²) in [6, 6.07) is 6.63. The fourth-order valence-corrected chi connectivity index (χ4v) is 2.16. The van der Waals surface area contributed by atoms with E-state index in [-0.39, 0.29) is 0 Å². The average molecular weight is 241 g/mol. The van der Waals surface area contributed by atoms with Gasteiger partial charge in [0, 0.05) is 4.47 Å². The van der Waals surface area contributed by atoms with Crippen LogP contribution in [0.4, 0.5) is 0 Å². The molecule has 0 aromatic heterocycles. The summed E-state index contributed by atoms with van der Waals surface area (Å²) in [5, 5.41) is 0. The molecule has 13 heavy (non-hydrogen) atoms. The third-order valence-corrected chi connectivity index (χ3v) is 2.98. The van der Waals surface area contributed by atoms with Gasteiger partial charge in [-0.2, -0.15) is 0 Å². The summed E-state index contributed by atoms with van der Waals surface area (Å²) in [6.07, 6.45) is 2.59. The lowest BCUT2D eigenvalue weighted by molar-refractivity contribution is 0.747. The lowest BCUT2D eigenvalue weighted by Gasteiger charge is -2.03. The predicted octanol–water partition coefficient (Wildman–Crippen LogP) is 4.53. The van der Waals surface area contributed by atoms with E-state index < -0.39 is 0 Å². The Labute approximate surface area is 89.5 Å². The molecular weight excluding hydrogens is 224 g/mol. The van der Waals surface area contributed by atoms with Crippen LogP contribution in [0.5, 0.6) is 0 Å². The number of rotatable bonds is 0. The van der Waals surface area contributed by atoms with Crippen LogP contribution in [-0.2, 0) is 6.42 Å². The Balaban J connectivity index is 0.000000396. The number of aryl methyl sites for hydroxylation is 1. The third-order valence-electron chi connectivity index (χ3n) is 2.49. The molecule has 1 aromatic rings. The van der Waals surface area contributed by atoms with Gasteiger partial charge in [-0.05, 0) is 42.0 Å². The predicted molar refractivity (Wildman–Crippen MR) is 62.2 cm³/mol. The van der Waals surface area contributed by atoms with E-state index in [1.807, 2.05) is 13.8 Å². The maximum absolute atomic E-state index is 3.49. The normalized spacial score (nSPS) is 18.9. The van der Waals surface area contributed by atoms with E-state index in [0.717, 1.165) is 5.92 Å². The van der Waals surface area contributed by atoms with Crippen molar-refractivity contribution in [2.45, 2.75) is 39.5 Å². The van der Waals surface area contributed by atoms with Crippen LogP contribution in [-0.4, -0.2) is 0 Å². The van der Waals surface area contributed by atoms with E-state index in [4.69, 9.17) is 0 Å². The summed E-state index contributed by atoms with van der Waals surface area (Å²) < 4.78 is 1.21. The number of benzene rings is 1. The van der Waals surface area contributed by atoms with Crippen LogP contribution in [0.15, 0.2) is 22.7 Å². The molecule has 0 aliphatic heterocycles. The van der Waals surface area contributed by atoms with Crippen molar-refractivity contribution in [3.8, 4) is 0 Å². The van der Waals surface area contributed by atoms with Crippen molar-refractivity contribution in [3.63, 3.8) is 0 Å². The molecule has 0 bridgehead atoms. The minimum Gasteiger partial charge on any atom is -0.0683 e. The Morgan fingerprint density at radius 1 is 1.31 bits per heavy atom. The summed E-state index contributed by atoms with van der Waals surface area (Å²) in [7, 11) is 0. The molecule has 0 saturated carbocycles. The molecular formula is C12H17Br. The molecule has 0 heterocycles. The zero-order chi connectivity index (χ0) is 9.84. The molecule has 0 nitrogen and oxygen atoms in total. The quantitative estimate of drug-likeness (QED) is 0.626. The zero-order valence-electron chi connectivity index (χ0n) is 8.60. The van der Waals surface area contributed by atoms with Gasteiger partial charge in [0.1, 0.15) is 0 Å². The second kappa shape index (κ2) is 4.80. The van der Waals surface area contributed by atoms with Crippen LogP contribution >= 0.6 is 15.9 Å². The fourth-order valence-electron chi connectivity index (χ4n) is 1.78. The van der Waals surface area contributed by atoms with Crippen molar-refractivity contribution in [2.75, 3.05) is 0 Å². The van der Waals surface area contributed by atoms with Crippen molar-refractivity contribution < 1.29 is 0 Å². The van der Waals surface area contributed by atoms with Crippen LogP contribution in [0.25, 0.3) is 0 Å². The minimum absolute atomic E-state index is 0.766. The zero-order valence-corrected chi connectivity index (χ0v) is 10.2. The highest BCUT2D eigenvalue weighted by Crippen LogP contribution is 2.33. The highest BCUT2D eigenvalue weighted by molar-refractivity contribution is 9.10. The van der Waals surface area contributed by atoms with Crippen LogP contribution < -0.4 is 0 Å². The van der Waals surface area contributed by atoms with Gasteiger partial charge in [-0.15, -0.1) is 0 Å². The summed E-state index contributed by atoms with van der Waals surface area (Å²) in [4.78, 5) is 0. The Morgan fingerprint density at radius 2 is 2.00 bits per heavy atom. The Hall–Kier alpha value is -0.300. The minimum atomic E-state index is 0.766. The smallest absolute Gasteiger partial charge is 0.0178 e. The second-order valence-corrected chi connectivity index (χ2v) is 4.20. The summed E-state index contributed by atoms with van der Waals surface area (Å²) in [6.45, 7) is 6.30. The van der Waals surface area contributed by atoms with Crippen molar-refractivity contribution in [2.24, 2.45) is 0 Å². The van der Waals surface area contributed by atoms with Gasteiger partial charge in [0.15, 0.2) is 0 Å². The number of fused-ring (bicyclic) bond motifs is 1. The van der Waals surface area contributed by atoms with Crippen LogP contribution in [0.3, 0.4) is 0 Å². The Kier molecular flexibility index (Phi) is 3.98. The molecule has 0 radical (unpaired) electrons. The fraction of sp³-hybridized carbons (Fsp3) is 0.500. The number of hydrogen-bond acceptors (Lipinski definition) is 0. The Morgan fingerprint density at radius 3 is 2.69 bits per heavy atom. The van der Waals surface area contributed by atoms with Crippen LogP contribution in [0, 0.1) is 0 Å². The molecule has 0 saturated heterocycles. The Bertz CT molecular complexity index is 278. The van der Waals surface area contributed by atoms with E-state index in [2.05, 4.69) is 41.1 Å². The van der Waals surface area contributed by atoms with Crippen molar-refractivity contribution >= 4 is 15.9 Å². The summed E-state index contributed by atoms with van der Waals surface area (Å²) in [5.74, 6) is 0.766. The van der Waals surface area contributed by atoms with Crippen LogP contribution in [0.1, 0.15) is 44.2 Å². The SMILES string of the molecule is CC.CC1CCc2ccc(Br)cc21. The third kappa shape index (κ3) is 2.34. The number of hydrogen-bond donors (Lipinski definition) is 0. The summed E-state index contributed by atoms with van der Waals surface area (Å²) in [5.41, 5.74) is 3.08. The molecule has 1 atom stereocenters. The van der Waals surface area contributed by atoms with Gasteiger partial charge in [0.25, 0.3) is 0 Å². The van der Waals surface area contributed by atoms with Crippen molar-refractivity contribution in [1.82, 2.24) is 0 Å². The molecule has 0 amide bonds. The maximum atomic E-state index is 3.49. The summed E-state index contributed by atoms with van der Waals surface area (Å²) >= 11 is 3.49. The molecule has 1 aliphatic carbocycles. The van der Waals surface area contributed by atoms with Gasteiger partial charge in [-0.3, -0.25) is 0 Å². The van der Waals surface area contributed by atoms with E-state index >= 15 is 0 Å². The van der Waals surface area contributed by atoms with Gasteiger partial charge in [0.2, 0.25) is 0 Å². The molecule has 1 heteroatoms. The first-order valence-electron chi connectivity index (χ1n) is 5.05. The second-order valence-electron chi connectivity index (χ2n) is 3.28. The van der Waals surface area contributed by atoms with Gasteiger partial charge in [0.05, 0.1) is 0 Å². The molecule has 1 aliphatic rings. The van der Waals surface area contributed by atoms with E-state index in [0.29, 0.717) is 0 Å². The lowest BCUT2D eigenvalue weighted by Crippen LogP contribution is -1.85. The van der Waals surface area contributed by atoms with E-state index in [1.54, 1.807) is 11.1 Å². The van der Waals surface area contributed by atoms with E-state index in [1.165, 1.54) is 17.3 Å². The van der Waals surface area contributed by atoms with Gasteiger partial charge in [-0.1, -0.05) is 42.8 Å². The van der Waals surface area contributed by atoms with E-state index in [9.17, 15) is 0 Å². The average Bonchev–Trinajstić information content (AvgIpc) is 2.52. The standard InChI is InChI=1S/C10H11Br.C2H6/c1-7-2-3-8-4-5-9(11)6-10(7)8;1-2/h4-7H,2-3H2,1H3;1-2H3. The maximum Gasteiger partial charge on any atom is 0.0178 e. The topological polar surface area (TPSA) is 0 Å². The molecule has 1 aromatic carbocycles. The van der Waals surface area contributed by atoms with Crippen LogP contribution in [0.2, 0.25) is 0 Å². The molecule has 0 spiro atoms. The molecule has 0 N–H and O–H groups in total. The molecule has 2 rings (SSSR count). The molecule has 72 valence electrons. The van der Waals surface area contributed by atoms with Crippen molar-refractivity contribution in [3.05, 3.63) is 33.8 Å². The highest BCUT2D eigenvalue weighted by atomic mass is 79.9. The highest BCUT2D eigenvalue weighted by Gasteiger charge is 2.17. The molecule has 0 fully saturated rings. The monoisotopic (exact) mass is 240 g/mol. The first-order valence-corrected chi connectivity index (χ1v) is 5.85.